The van der Waals surface area contributed by atoms with E-state index < -0.39 is 12.5 Å². The fourth-order valence-corrected chi connectivity index (χ4v) is 0.753. The van der Waals surface area contributed by atoms with Gasteiger partial charge in [0.05, 0.1) is 6.21 Å². The van der Waals surface area contributed by atoms with Crippen molar-refractivity contribution in [3.8, 4) is 0 Å². The minimum atomic E-state index is -0.549. The summed E-state index contributed by atoms with van der Waals surface area (Å²) in [5, 5.41) is 12.0. The summed E-state index contributed by atoms with van der Waals surface area (Å²) in [5.41, 5.74) is 3.05. The minimum absolute atomic E-state index is 0.521. The van der Waals surface area contributed by atoms with Crippen LogP contribution in [0.1, 0.15) is 5.56 Å². The van der Waals surface area contributed by atoms with E-state index in [9.17, 15) is 4.79 Å². The van der Waals surface area contributed by atoms with Crippen molar-refractivity contribution in [3.63, 3.8) is 0 Å². The third-order valence-electron chi connectivity index (χ3n) is 1.35. The van der Waals surface area contributed by atoms with Gasteiger partial charge in [-0.05, 0) is 5.56 Å². The summed E-state index contributed by atoms with van der Waals surface area (Å²) in [5.74, 6) is -0.521. The van der Waals surface area contributed by atoms with Crippen LogP contribution in [0, 0.1) is 0 Å². The molecule has 0 aliphatic heterocycles. The topological polar surface area (TPSA) is 61.7 Å². The predicted octanol–water partition coefficient (Wildman–Crippen LogP) is 0.129. The Morgan fingerprint density at radius 1 is 1.46 bits per heavy atom. The first-order valence-electron chi connectivity index (χ1n) is 3.81. The number of hydrogen-bond acceptors (Lipinski definition) is 3. The zero-order chi connectivity index (χ0) is 9.52. The second kappa shape index (κ2) is 5.05. The summed E-state index contributed by atoms with van der Waals surface area (Å²) in [6.07, 6.45) is 1.51. The molecular weight excluding hydrogens is 168 g/mol. The Labute approximate surface area is 75.9 Å². The van der Waals surface area contributed by atoms with E-state index in [1.165, 1.54) is 6.21 Å². The fraction of sp³-hybridized carbons (Fsp3) is 0.111. The number of benzene rings is 1. The molecule has 13 heavy (non-hydrogen) atoms. The largest absolute Gasteiger partial charge is 0.386 e. The maximum absolute atomic E-state index is 10.5. The van der Waals surface area contributed by atoms with Gasteiger partial charge in [0.2, 0.25) is 0 Å². The van der Waals surface area contributed by atoms with Crippen molar-refractivity contribution in [2.45, 2.75) is 0 Å². The number of hydrogen-bond donors (Lipinski definition) is 2. The number of nitrogens with one attached hydrogen (secondary N) is 1. The molecule has 0 saturated carbocycles. The van der Waals surface area contributed by atoms with Crippen molar-refractivity contribution in [3.05, 3.63) is 35.9 Å². The molecule has 0 bridgehead atoms. The van der Waals surface area contributed by atoms with Crippen LogP contribution < -0.4 is 5.43 Å². The molecule has 68 valence electrons. The molecule has 2 N–H and O–H groups in total. The lowest BCUT2D eigenvalue weighted by Gasteiger charge is -1.93. The SMILES string of the molecule is O=C(CO)N/N=C\c1ccccc1. The summed E-state index contributed by atoms with van der Waals surface area (Å²) in [7, 11) is 0. The summed E-state index contributed by atoms with van der Waals surface area (Å²) < 4.78 is 0. The highest BCUT2D eigenvalue weighted by Crippen LogP contribution is 1.92. The molecule has 4 heteroatoms. The van der Waals surface area contributed by atoms with E-state index in [0.29, 0.717) is 0 Å². The summed E-state index contributed by atoms with van der Waals surface area (Å²) in [6.45, 7) is -0.549. The van der Waals surface area contributed by atoms with Gasteiger partial charge in [-0.25, -0.2) is 5.43 Å². The van der Waals surface area contributed by atoms with E-state index in [4.69, 9.17) is 5.11 Å². The zero-order valence-corrected chi connectivity index (χ0v) is 6.97. The number of carbonyl (C=O) groups excluding carboxylic acids is 1. The molecule has 0 radical (unpaired) electrons. The van der Waals surface area contributed by atoms with E-state index in [0.717, 1.165) is 5.56 Å². The number of rotatable bonds is 3. The standard InChI is InChI=1S/C9H10N2O2/c12-7-9(13)11-10-6-8-4-2-1-3-5-8/h1-6,12H,7H2,(H,11,13)/b10-6-. The summed E-state index contributed by atoms with van der Waals surface area (Å²) in [4.78, 5) is 10.5. The van der Waals surface area contributed by atoms with Gasteiger partial charge in [0.15, 0.2) is 0 Å². The Balaban J connectivity index is 2.45. The van der Waals surface area contributed by atoms with Gasteiger partial charge < -0.3 is 5.11 Å². The van der Waals surface area contributed by atoms with E-state index in [-0.39, 0.29) is 0 Å². The highest BCUT2D eigenvalue weighted by Gasteiger charge is 1.91. The first-order chi connectivity index (χ1) is 6.33. The molecule has 0 unspecified atom stereocenters. The molecule has 1 aromatic rings. The van der Waals surface area contributed by atoms with Crippen LogP contribution in [0.25, 0.3) is 0 Å². The highest BCUT2D eigenvalue weighted by molar-refractivity contribution is 5.82. The smallest absolute Gasteiger partial charge is 0.265 e. The van der Waals surface area contributed by atoms with Gasteiger partial charge in [0.25, 0.3) is 5.91 Å². The second-order valence-corrected chi connectivity index (χ2v) is 2.36. The van der Waals surface area contributed by atoms with Gasteiger partial charge in [-0.3, -0.25) is 4.79 Å². The third kappa shape index (κ3) is 3.48. The van der Waals surface area contributed by atoms with Gasteiger partial charge in [-0.2, -0.15) is 5.10 Å². The molecule has 0 aromatic heterocycles. The number of hydrazone groups is 1. The predicted molar refractivity (Wildman–Crippen MR) is 49.3 cm³/mol. The van der Waals surface area contributed by atoms with Crippen molar-refractivity contribution in [1.29, 1.82) is 0 Å². The summed E-state index contributed by atoms with van der Waals surface area (Å²) in [6, 6.07) is 9.34. The average molecular weight is 178 g/mol. The van der Waals surface area contributed by atoms with Gasteiger partial charge in [0, 0.05) is 0 Å². The number of amides is 1. The number of nitrogens with zero attached hydrogens (tertiary/aromatic N) is 1. The van der Waals surface area contributed by atoms with E-state index in [2.05, 4.69) is 10.5 Å². The number of carbonyl (C=O) groups is 1. The highest BCUT2D eigenvalue weighted by atomic mass is 16.3. The Morgan fingerprint density at radius 3 is 2.77 bits per heavy atom. The second-order valence-electron chi connectivity index (χ2n) is 2.36. The molecule has 0 aliphatic carbocycles. The van der Waals surface area contributed by atoms with Gasteiger partial charge in [-0.1, -0.05) is 30.3 Å². The first-order valence-corrected chi connectivity index (χ1v) is 3.81. The molecule has 1 rings (SSSR count). The number of aliphatic hydroxyl groups is 1. The van der Waals surface area contributed by atoms with E-state index >= 15 is 0 Å². The van der Waals surface area contributed by atoms with Crippen LogP contribution in [-0.2, 0) is 4.79 Å². The molecule has 0 atom stereocenters. The monoisotopic (exact) mass is 178 g/mol. The van der Waals surface area contributed by atoms with Crippen molar-refractivity contribution >= 4 is 12.1 Å². The Kier molecular flexibility index (Phi) is 3.66. The Hall–Kier alpha value is -1.68. The normalized spacial score (nSPS) is 10.2. The molecule has 4 nitrogen and oxygen atoms in total. The third-order valence-corrected chi connectivity index (χ3v) is 1.35. The molecule has 1 amide bonds. The molecule has 0 saturated heterocycles. The minimum Gasteiger partial charge on any atom is -0.386 e. The Bertz CT molecular complexity index is 296. The molecule has 0 aliphatic rings. The maximum Gasteiger partial charge on any atom is 0.265 e. The van der Waals surface area contributed by atoms with Gasteiger partial charge in [-0.15, -0.1) is 0 Å². The molecular formula is C9H10N2O2. The van der Waals surface area contributed by atoms with Crippen molar-refractivity contribution in [2.75, 3.05) is 6.61 Å². The van der Waals surface area contributed by atoms with Crippen LogP contribution >= 0.6 is 0 Å². The first kappa shape index (κ1) is 9.41. The molecule has 0 fully saturated rings. The van der Waals surface area contributed by atoms with Gasteiger partial charge >= 0.3 is 0 Å². The number of aliphatic hydroxyl groups excluding tert-OH is 1. The van der Waals surface area contributed by atoms with E-state index in [1.54, 1.807) is 0 Å². The zero-order valence-electron chi connectivity index (χ0n) is 6.97. The van der Waals surface area contributed by atoms with Crippen LogP contribution in [0.3, 0.4) is 0 Å². The lowest BCUT2D eigenvalue weighted by molar-refractivity contribution is -0.123. The van der Waals surface area contributed by atoms with Crippen LogP contribution in [-0.4, -0.2) is 23.8 Å². The maximum atomic E-state index is 10.5. The van der Waals surface area contributed by atoms with Crippen LogP contribution in [0.15, 0.2) is 35.4 Å². The molecule has 0 heterocycles. The average Bonchev–Trinajstić information content (AvgIpc) is 2.19. The molecule has 1 aromatic carbocycles. The van der Waals surface area contributed by atoms with Crippen LogP contribution in [0.4, 0.5) is 0 Å². The molecule has 0 spiro atoms. The van der Waals surface area contributed by atoms with Crippen LogP contribution in [0.5, 0.6) is 0 Å². The lowest BCUT2D eigenvalue weighted by Crippen LogP contribution is -2.20. The van der Waals surface area contributed by atoms with Crippen molar-refractivity contribution in [1.82, 2.24) is 5.43 Å². The van der Waals surface area contributed by atoms with Crippen molar-refractivity contribution in [2.24, 2.45) is 5.10 Å². The van der Waals surface area contributed by atoms with Gasteiger partial charge in [0.1, 0.15) is 6.61 Å². The quantitative estimate of drug-likeness (QED) is 0.510. The Morgan fingerprint density at radius 2 is 2.15 bits per heavy atom. The fourth-order valence-electron chi connectivity index (χ4n) is 0.753. The summed E-state index contributed by atoms with van der Waals surface area (Å²) >= 11 is 0. The van der Waals surface area contributed by atoms with Crippen molar-refractivity contribution < 1.29 is 9.90 Å². The lowest BCUT2D eigenvalue weighted by atomic mass is 10.2. The van der Waals surface area contributed by atoms with Crippen LogP contribution in [0.2, 0.25) is 0 Å². The van der Waals surface area contributed by atoms with E-state index in [1.807, 2.05) is 30.3 Å².